The maximum atomic E-state index is 11.6. The van der Waals surface area contributed by atoms with E-state index in [0.717, 1.165) is 0 Å². The average Bonchev–Trinajstić information content (AvgIpc) is 2.34. The smallest absolute Gasteiger partial charge is 0.492 e. The number of ether oxygens (including phenoxy) is 1. The fourth-order valence-electron chi connectivity index (χ4n) is 1.34. The van der Waals surface area contributed by atoms with Gasteiger partial charge in [0.1, 0.15) is 5.75 Å². The standard InChI is InChI=1S/C10H14BNO5/c1-17-9-6-7(10(14)12-4-5-13)2-3-8(9)11(15)16/h2-3,6,13,15-16H,4-5H2,1H3,(H,12,14). The van der Waals surface area contributed by atoms with Crippen LogP contribution in [0.15, 0.2) is 18.2 Å². The third kappa shape index (κ3) is 3.45. The summed E-state index contributed by atoms with van der Waals surface area (Å²) < 4.78 is 4.95. The van der Waals surface area contributed by atoms with E-state index in [4.69, 9.17) is 19.9 Å². The highest BCUT2D eigenvalue weighted by molar-refractivity contribution is 6.59. The zero-order chi connectivity index (χ0) is 12.8. The van der Waals surface area contributed by atoms with Gasteiger partial charge in [0.2, 0.25) is 0 Å². The van der Waals surface area contributed by atoms with Crippen molar-refractivity contribution in [1.29, 1.82) is 0 Å². The van der Waals surface area contributed by atoms with E-state index in [9.17, 15) is 4.79 Å². The van der Waals surface area contributed by atoms with Crippen LogP contribution in [0.1, 0.15) is 10.4 Å². The van der Waals surface area contributed by atoms with Gasteiger partial charge in [-0.3, -0.25) is 4.79 Å². The zero-order valence-corrected chi connectivity index (χ0v) is 9.38. The maximum Gasteiger partial charge on any atom is 0.492 e. The predicted octanol–water partition coefficient (Wildman–Crippen LogP) is -1.90. The third-order valence-corrected chi connectivity index (χ3v) is 2.17. The van der Waals surface area contributed by atoms with Crippen molar-refractivity contribution < 1.29 is 24.7 Å². The maximum absolute atomic E-state index is 11.6. The number of methoxy groups -OCH3 is 1. The Morgan fingerprint density at radius 1 is 1.47 bits per heavy atom. The molecular weight excluding hydrogens is 225 g/mol. The molecule has 1 rings (SSSR count). The number of carbonyl (C=O) groups excluding carboxylic acids is 1. The van der Waals surface area contributed by atoms with E-state index < -0.39 is 7.12 Å². The van der Waals surface area contributed by atoms with Gasteiger partial charge in [0.15, 0.2) is 0 Å². The molecule has 4 N–H and O–H groups in total. The van der Waals surface area contributed by atoms with E-state index in [2.05, 4.69) is 5.32 Å². The summed E-state index contributed by atoms with van der Waals surface area (Å²) >= 11 is 0. The molecule has 1 amide bonds. The third-order valence-electron chi connectivity index (χ3n) is 2.17. The molecule has 0 radical (unpaired) electrons. The molecule has 0 saturated heterocycles. The van der Waals surface area contributed by atoms with Crippen LogP contribution in [0.5, 0.6) is 5.75 Å². The summed E-state index contributed by atoms with van der Waals surface area (Å²) in [7, 11) is -0.282. The van der Waals surface area contributed by atoms with Crippen molar-refractivity contribution in [1.82, 2.24) is 5.32 Å². The van der Waals surface area contributed by atoms with Gasteiger partial charge < -0.3 is 25.2 Å². The fraction of sp³-hybridized carbons (Fsp3) is 0.300. The first kappa shape index (κ1) is 13.5. The number of hydrogen-bond acceptors (Lipinski definition) is 5. The van der Waals surface area contributed by atoms with Crippen LogP contribution in [0.2, 0.25) is 0 Å². The second kappa shape index (κ2) is 6.24. The highest BCUT2D eigenvalue weighted by Crippen LogP contribution is 2.11. The lowest BCUT2D eigenvalue weighted by molar-refractivity contribution is 0.0944. The SMILES string of the molecule is COc1cc(C(=O)NCCO)ccc1B(O)O. The summed E-state index contributed by atoms with van der Waals surface area (Å²) in [6.45, 7) is 0.0157. The van der Waals surface area contributed by atoms with Crippen LogP contribution >= 0.6 is 0 Å². The van der Waals surface area contributed by atoms with Crippen molar-refractivity contribution in [2.45, 2.75) is 0 Å². The molecule has 0 heterocycles. The molecule has 0 aromatic heterocycles. The Bertz CT molecular complexity index is 396. The fourth-order valence-corrected chi connectivity index (χ4v) is 1.34. The highest BCUT2D eigenvalue weighted by atomic mass is 16.5. The topological polar surface area (TPSA) is 99.0 Å². The molecule has 0 spiro atoms. The molecule has 6 nitrogen and oxygen atoms in total. The monoisotopic (exact) mass is 239 g/mol. The highest BCUT2D eigenvalue weighted by Gasteiger charge is 2.18. The Morgan fingerprint density at radius 2 is 2.18 bits per heavy atom. The average molecular weight is 239 g/mol. The second-order valence-corrected chi connectivity index (χ2v) is 3.31. The minimum atomic E-state index is -1.65. The van der Waals surface area contributed by atoms with Crippen molar-refractivity contribution in [3.63, 3.8) is 0 Å². The van der Waals surface area contributed by atoms with Crippen LogP contribution < -0.4 is 15.5 Å². The zero-order valence-electron chi connectivity index (χ0n) is 9.38. The van der Waals surface area contributed by atoms with Crippen LogP contribution in [0.4, 0.5) is 0 Å². The van der Waals surface area contributed by atoms with Gasteiger partial charge in [0.05, 0.1) is 13.7 Å². The van der Waals surface area contributed by atoms with E-state index in [1.54, 1.807) is 0 Å². The molecule has 0 aliphatic carbocycles. The van der Waals surface area contributed by atoms with E-state index in [1.807, 2.05) is 0 Å². The summed E-state index contributed by atoms with van der Waals surface area (Å²) in [4.78, 5) is 11.6. The van der Waals surface area contributed by atoms with E-state index in [0.29, 0.717) is 5.56 Å². The van der Waals surface area contributed by atoms with Crippen molar-refractivity contribution in [3.8, 4) is 5.75 Å². The number of nitrogens with one attached hydrogen (secondary N) is 1. The summed E-state index contributed by atoms with van der Waals surface area (Å²) in [5, 5.41) is 29.2. The molecule has 0 fully saturated rings. The molecule has 7 heteroatoms. The summed E-state index contributed by atoms with van der Waals surface area (Å²) in [6.07, 6.45) is 0. The molecular formula is C10H14BNO5. The van der Waals surface area contributed by atoms with Crippen molar-refractivity contribution in [2.75, 3.05) is 20.3 Å². The van der Waals surface area contributed by atoms with E-state index in [1.165, 1.54) is 25.3 Å². The number of benzene rings is 1. The van der Waals surface area contributed by atoms with E-state index >= 15 is 0 Å². The Labute approximate surface area is 99.0 Å². The molecule has 1 aromatic carbocycles. The molecule has 0 aliphatic heterocycles. The number of rotatable bonds is 5. The quantitative estimate of drug-likeness (QED) is 0.450. The second-order valence-electron chi connectivity index (χ2n) is 3.31. The normalized spacial score (nSPS) is 9.88. The van der Waals surface area contributed by atoms with Gasteiger partial charge in [-0.25, -0.2) is 0 Å². The minimum Gasteiger partial charge on any atom is -0.497 e. The Balaban J connectivity index is 2.93. The number of aliphatic hydroxyl groups excluding tert-OH is 1. The van der Waals surface area contributed by atoms with Crippen LogP contribution in [0.3, 0.4) is 0 Å². The lowest BCUT2D eigenvalue weighted by atomic mass is 9.79. The Hall–Kier alpha value is -1.57. The van der Waals surface area contributed by atoms with Gasteiger partial charge in [0.25, 0.3) is 5.91 Å². The summed E-state index contributed by atoms with van der Waals surface area (Å²) in [5.74, 6) is -0.145. The lowest BCUT2D eigenvalue weighted by Gasteiger charge is -2.10. The molecule has 1 aromatic rings. The first-order valence-corrected chi connectivity index (χ1v) is 5.03. The molecule has 0 bridgehead atoms. The van der Waals surface area contributed by atoms with Crippen LogP contribution in [0.25, 0.3) is 0 Å². The molecule has 0 unspecified atom stereocenters. The number of aliphatic hydroxyl groups is 1. The summed E-state index contributed by atoms with van der Waals surface area (Å²) in [5.41, 5.74) is 0.505. The van der Waals surface area contributed by atoms with Gasteiger partial charge in [-0.05, 0) is 12.1 Å². The van der Waals surface area contributed by atoms with Crippen molar-refractivity contribution >= 4 is 18.5 Å². The van der Waals surface area contributed by atoms with Crippen molar-refractivity contribution in [2.24, 2.45) is 0 Å². The van der Waals surface area contributed by atoms with E-state index in [-0.39, 0.29) is 30.3 Å². The van der Waals surface area contributed by atoms with Gasteiger partial charge >= 0.3 is 7.12 Å². The van der Waals surface area contributed by atoms with Gasteiger partial charge in [-0.1, -0.05) is 6.07 Å². The molecule has 0 aliphatic rings. The molecule has 0 saturated carbocycles. The lowest BCUT2D eigenvalue weighted by Crippen LogP contribution is -2.32. The van der Waals surface area contributed by atoms with Crippen LogP contribution in [-0.2, 0) is 0 Å². The summed E-state index contributed by atoms with van der Waals surface area (Å²) in [6, 6.07) is 4.25. The predicted molar refractivity (Wildman–Crippen MR) is 62.2 cm³/mol. The van der Waals surface area contributed by atoms with Crippen LogP contribution in [0, 0.1) is 0 Å². The Kier molecular flexibility index (Phi) is 4.95. The Morgan fingerprint density at radius 3 is 2.71 bits per heavy atom. The first-order valence-electron chi connectivity index (χ1n) is 5.03. The molecule has 17 heavy (non-hydrogen) atoms. The number of carbonyl (C=O) groups is 1. The molecule has 0 atom stereocenters. The molecule has 92 valence electrons. The first-order chi connectivity index (χ1) is 8.10. The van der Waals surface area contributed by atoms with Gasteiger partial charge in [0, 0.05) is 17.6 Å². The van der Waals surface area contributed by atoms with Crippen LogP contribution in [-0.4, -0.2) is 48.4 Å². The number of hydrogen-bond donors (Lipinski definition) is 4. The van der Waals surface area contributed by atoms with Gasteiger partial charge in [-0.2, -0.15) is 0 Å². The van der Waals surface area contributed by atoms with Crippen molar-refractivity contribution in [3.05, 3.63) is 23.8 Å². The largest absolute Gasteiger partial charge is 0.497 e. The number of amides is 1. The van der Waals surface area contributed by atoms with Gasteiger partial charge in [-0.15, -0.1) is 0 Å². The minimum absolute atomic E-state index is 0.143.